The van der Waals surface area contributed by atoms with Gasteiger partial charge in [-0.05, 0) is 38.1 Å². The topological polar surface area (TPSA) is 69.3 Å². The Morgan fingerprint density at radius 2 is 1.84 bits per heavy atom. The van der Waals surface area contributed by atoms with Crippen molar-refractivity contribution in [3.05, 3.63) is 47.3 Å². The monoisotopic (exact) mass is 259 g/mol. The highest BCUT2D eigenvalue weighted by Crippen LogP contribution is 2.21. The van der Waals surface area contributed by atoms with Gasteiger partial charge in [0.25, 0.3) is 5.91 Å². The van der Waals surface area contributed by atoms with E-state index in [1.54, 1.807) is 22.9 Å². The molecule has 0 bridgehead atoms. The van der Waals surface area contributed by atoms with Gasteiger partial charge < -0.3 is 10.5 Å². The summed E-state index contributed by atoms with van der Waals surface area (Å²) in [5, 5.41) is 0. The molecule has 0 aliphatic heterocycles. The summed E-state index contributed by atoms with van der Waals surface area (Å²) in [7, 11) is 1.51. The molecule has 1 amide bonds. The summed E-state index contributed by atoms with van der Waals surface area (Å²) < 4.78 is 6.91. The Kier molecular flexibility index (Phi) is 3.46. The van der Waals surface area contributed by atoms with Crippen LogP contribution in [0.15, 0.2) is 30.3 Å². The Balaban J connectivity index is 2.30. The Bertz CT molecular complexity index is 598. The average molecular weight is 259 g/mol. The number of nitrogens with two attached hydrogens (primary N) is 1. The van der Waals surface area contributed by atoms with Crippen LogP contribution >= 0.6 is 0 Å². The van der Waals surface area contributed by atoms with Crippen molar-refractivity contribution < 1.29 is 9.53 Å². The number of ether oxygens (including phenoxy) is 1. The second kappa shape index (κ2) is 5.06. The van der Waals surface area contributed by atoms with E-state index >= 15 is 0 Å². The van der Waals surface area contributed by atoms with Gasteiger partial charge >= 0.3 is 0 Å². The van der Waals surface area contributed by atoms with Crippen LogP contribution in [0.5, 0.6) is 5.75 Å². The maximum atomic E-state index is 12.3. The van der Waals surface area contributed by atoms with E-state index in [9.17, 15) is 4.79 Å². The number of amides is 1. The molecule has 0 saturated carbocycles. The van der Waals surface area contributed by atoms with E-state index in [2.05, 4.69) is 5.43 Å². The van der Waals surface area contributed by atoms with Crippen LogP contribution in [0, 0.1) is 13.8 Å². The number of rotatable bonds is 3. The van der Waals surface area contributed by atoms with Gasteiger partial charge in [-0.25, -0.2) is 0 Å². The van der Waals surface area contributed by atoms with Crippen molar-refractivity contribution in [2.45, 2.75) is 13.8 Å². The minimum Gasteiger partial charge on any atom is -0.496 e. The molecule has 0 fully saturated rings. The number of aryl methyl sites for hydroxylation is 2. The third kappa shape index (κ3) is 2.54. The van der Waals surface area contributed by atoms with E-state index in [0.29, 0.717) is 17.0 Å². The van der Waals surface area contributed by atoms with Crippen LogP contribution in [-0.4, -0.2) is 17.7 Å². The van der Waals surface area contributed by atoms with Crippen LogP contribution in [0.1, 0.15) is 21.7 Å². The van der Waals surface area contributed by atoms with Crippen molar-refractivity contribution in [2.75, 3.05) is 18.3 Å². The Labute approximate surface area is 112 Å². The zero-order valence-electron chi connectivity index (χ0n) is 11.2. The number of hydrogen-bond donors (Lipinski definition) is 2. The molecule has 0 aliphatic carbocycles. The van der Waals surface area contributed by atoms with E-state index in [0.717, 1.165) is 11.4 Å². The van der Waals surface area contributed by atoms with Crippen LogP contribution in [0.3, 0.4) is 0 Å². The highest BCUT2D eigenvalue weighted by molar-refractivity contribution is 6.02. The molecule has 1 aromatic carbocycles. The Morgan fingerprint density at radius 1 is 1.21 bits per heavy atom. The number of hydrogen-bond acceptors (Lipinski definition) is 3. The third-order valence-electron chi connectivity index (χ3n) is 2.95. The van der Waals surface area contributed by atoms with Crippen molar-refractivity contribution in [3.8, 4) is 5.75 Å². The van der Waals surface area contributed by atoms with Crippen LogP contribution in [0.4, 0.5) is 5.69 Å². The van der Waals surface area contributed by atoms with Crippen molar-refractivity contribution in [1.29, 1.82) is 0 Å². The zero-order chi connectivity index (χ0) is 14.0. The number of nitrogens with one attached hydrogen (secondary N) is 1. The summed E-state index contributed by atoms with van der Waals surface area (Å²) in [6, 6.07) is 8.83. The molecule has 3 N–H and O–H groups in total. The van der Waals surface area contributed by atoms with Crippen LogP contribution in [-0.2, 0) is 0 Å². The SMILES string of the molecule is COc1cc(N)ccc1C(=O)Nn1c(C)ccc1C. The van der Waals surface area contributed by atoms with Crippen LogP contribution < -0.4 is 15.9 Å². The van der Waals surface area contributed by atoms with Crippen LogP contribution in [0.2, 0.25) is 0 Å². The van der Waals surface area contributed by atoms with E-state index in [4.69, 9.17) is 10.5 Å². The zero-order valence-corrected chi connectivity index (χ0v) is 11.2. The molecule has 19 heavy (non-hydrogen) atoms. The fourth-order valence-electron chi connectivity index (χ4n) is 1.90. The number of anilines is 1. The van der Waals surface area contributed by atoms with Gasteiger partial charge in [0.05, 0.1) is 12.7 Å². The number of methoxy groups -OCH3 is 1. The Hall–Kier alpha value is -2.43. The lowest BCUT2D eigenvalue weighted by Crippen LogP contribution is -2.25. The van der Waals surface area contributed by atoms with Gasteiger partial charge in [-0.15, -0.1) is 0 Å². The molecule has 2 rings (SSSR count). The minimum atomic E-state index is -0.237. The third-order valence-corrected chi connectivity index (χ3v) is 2.95. The highest BCUT2D eigenvalue weighted by atomic mass is 16.5. The van der Waals surface area contributed by atoms with Gasteiger partial charge in [0.15, 0.2) is 0 Å². The fraction of sp³-hybridized carbons (Fsp3) is 0.214. The van der Waals surface area contributed by atoms with E-state index in [1.807, 2.05) is 26.0 Å². The first kappa shape index (κ1) is 13.0. The summed E-state index contributed by atoms with van der Waals surface area (Å²) in [5.41, 5.74) is 11.4. The molecular formula is C14H17N3O2. The molecule has 1 aromatic heterocycles. The van der Waals surface area contributed by atoms with Gasteiger partial charge in [-0.1, -0.05) is 0 Å². The lowest BCUT2D eigenvalue weighted by atomic mass is 10.1. The normalized spacial score (nSPS) is 10.3. The van der Waals surface area contributed by atoms with E-state index < -0.39 is 0 Å². The second-order valence-electron chi connectivity index (χ2n) is 4.35. The van der Waals surface area contributed by atoms with Crippen LogP contribution in [0.25, 0.3) is 0 Å². The molecule has 0 aliphatic rings. The highest BCUT2D eigenvalue weighted by Gasteiger charge is 2.14. The van der Waals surface area contributed by atoms with Gasteiger partial charge in [-0.2, -0.15) is 0 Å². The number of aromatic nitrogens is 1. The summed E-state index contributed by atoms with van der Waals surface area (Å²) in [6.07, 6.45) is 0. The lowest BCUT2D eigenvalue weighted by Gasteiger charge is -2.13. The maximum absolute atomic E-state index is 12.3. The first-order valence-electron chi connectivity index (χ1n) is 5.92. The standard InChI is InChI=1S/C14H17N3O2/c1-9-4-5-10(2)17(9)16-14(18)12-7-6-11(15)8-13(12)19-3/h4-8H,15H2,1-3H3,(H,16,18). The predicted octanol–water partition coefficient (Wildman–Crippen LogP) is 2.08. The molecule has 5 nitrogen and oxygen atoms in total. The van der Waals surface area contributed by atoms with Crippen molar-refractivity contribution in [2.24, 2.45) is 0 Å². The molecule has 0 spiro atoms. The average Bonchev–Trinajstić information content (AvgIpc) is 2.70. The Morgan fingerprint density at radius 3 is 2.42 bits per heavy atom. The minimum absolute atomic E-state index is 0.237. The lowest BCUT2D eigenvalue weighted by molar-refractivity contribution is 0.100. The van der Waals surface area contributed by atoms with Crippen molar-refractivity contribution >= 4 is 11.6 Å². The first-order chi connectivity index (χ1) is 9.02. The summed E-state index contributed by atoms with van der Waals surface area (Å²) in [5.74, 6) is 0.221. The quantitative estimate of drug-likeness (QED) is 0.829. The molecule has 0 atom stereocenters. The molecule has 0 saturated heterocycles. The largest absolute Gasteiger partial charge is 0.496 e. The summed E-state index contributed by atoms with van der Waals surface area (Å²) in [6.45, 7) is 3.85. The maximum Gasteiger partial charge on any atom is 0.273 e. The molecule has 2 aromatic rings. The molecule has 0 radical (unpaired) electrons. The molecule has 5 heteroatoms. The van der Waals surface area contributed by atoms with Gasteiger partial charge in [0.2, 0.25) is 0 Å². The number of carbonyl (C=O) groups excluding carboxylic acids is 1. The number of carbonyl (C=O) groups is 1. The molecule has 0 unspecified atom stereocenters. The summed E-state index contributed by atoms with van der Waals surface area (Å²) in [4.78, 5) is 12.3. The predicted molar refractivity (Wildman–Crippen MR) is 75.0 cm³/mol. The fourth-order valence-corrected chi connectivity index (χ4v) is 1.90. The molecular weight excluding hydrogens is 242 g/mol. The van der Waals surface area contributed by atoms with Gasteiger partial charge in [0.1, 0.15) is 5.75 Å². The molecule has 100 valence electrons. The number of nitrogens with zero attached hydrogens (tertiary/aromatic N) is 1. The summed E-state index contributed by atoms with van der Waals surface area (Å²) >= 11 is 0. The van der Waals surface area contributed by atoms with Gasteiger partial charge in [0, 0.05) is 23.1 Å². The molecule has 1 heterocycles. The second-order valence-corrected chi connectivity index (χ2v) is 4.35. The van der Waals surface area contributed by atoms with E-state index in [-0.39, 0.29) is 5.91 Å². The van der Waals surface area contributed by atoms with Crippen molar-refractivity contribution in [1.82, 2.24) is 4.68 Å². The van der Waals surface area contributed by atoms with E-state index in [1.165, 1.54) is 7.11 Å². The van der Waals surface area contributed by atoms with Gasteiger partial charge in [-0.3, -0.25) is 14.9 Å². The number of benzene rings is 1. The smallest absolute Gasteiger partial charge is 0.273 e. The first-order valence-corrected chi connectivity index (χ1v) is 5.92. The van der Waals surface area contributed by atoms with Crippen molar-refractivity contribution in [3.63, 3.8) is 0 Å². The number of nitrogen functional groups attached to an aromatic ring is 1.